The molecule has 1 N–H and O–H groups in total. The van der Waals surface area contributed by atoms with Gasteiger partial charge in [0.1, 0.15) is 0 Å². The van der Waals surface area contributed by atoms with Crippen LogP contribution in [-0.4, -0.2) is 15.2 Å². The molecule has 1 aliphatic heterocycles. The third-order valence-electron chi connectivity index (χ3n) is 3.21. The standard InChI is InChI=1S/C13H16O2S2/c1-8-4-10-6-16-13(3,12(14)15)17-7-11(10)5-9(8)2/h4-5H,6-7H2,1-3H3,(H,14,15). The highest BCUT2D eigenvalue weighted by Crippen LogP contribution is 2.45. The molecule has 4 heteroatoms. The molecule has 1 aliphatic rings. The van der Waals surface area contributed by atoms with Gasteiger partial charge in [0, 0.05) is 11.5 Å². The minimum Gasteiger partial charge on any atom is -0.480 e. The van der Waals surface area contributed by atoms with Gasteiger partial charge in [-0.1, -0.05) is 12.1 Å². The molecular weight excluding hydrogens is 252 g/mol. The smallest absolute Gasteiger partial charge is 0.329 e. The van der Waals surface area contributed by atoms with Crippen LogP contribution in [0.25, 0.3) is 0 Å². The van der Waals surface area contributed by atoms with Gasteiger partial charge in [0.25, 0.3) is 0 Å². The van der Waals surface area contributed by atoms with Gasteiger partial charge < -0.3 is 5.11 Å². The Kier molecular flexibility index (Phi) is 3.46. The summed E-state index contributed by atoms with van der Waals surface area (Å²) in [5.41, 5.74) is 5.15. The molecular formula is C13H16O2S2. The number of aryl methyl sites for hydroxylation is 2. The fraction of sp³-hybridized carbons (Fsp3) is 0.462. The monoisotopic (exact) mass is 268 g/mol. The minimum absolute atomic E-state index is 0.721. The van der Waals surface area contributed by atoms with Crippen LogP contribution in [0.4, 0.5) is 0 Å². The fourth-order valence-corrected chi connectivity index (χ4v) is 4.13. The molecule has 0 bridgehead atoms. The maximum absolute atomic E-state index is 11.3. The van der Waals surface area contributed by atoms with Crippen molar-refractivity contribution in [2.45, 2.75) is 36.4 Å². The molecule has 1 aromatic carbocycles. The van der Waals surface area contributed by atoms with Crippen LogP contribution in [0.1, 0.15) is 29.2 Å². The molecule has 0 unspecified atom stereocenters. The van der Waals surface area contributed by atoms with E-state index in [0.29, 0.717) is 0 Å². The Balaban J connectivity index is 2.33. The molecule has 1 aromatic rings. The highest BCUT2D eigenvalue weighted by atomic mass is 32.2. The molecule has 0 atom stereocenters. The molecule has 0 radical (unpaired) electrons. The van der Waals surface area contributed by atoms with Crippen LogP contribution in [0.3, 0.4) is 0 Å². The average Bonchev–Trinajstić information content (AvgIpc) is 2.42. The number of hydrogen-bond acceptors (Lipinski definition) is 3. The van der Waals surface area contributed by atoms with Gasteiger partial charge in [-0.2, -0.15) is 0 Å². The summed E-state index contributed by atoms with van der Waals surface area (Å²) >= 11 is 3.03. The third kappa shape index (κ3) is 2.47. The first kappa shape index (κ1) is 12.8. The van der Waals surface area contributed by atoms with Gasteiger partial charge >= 0.3 is 5.97 Å². The number of thioether (sulfide) groups is 2. The third-order valence-corrected chi connectivity index (χ3v) is 6.28. The largest absolute Gasteiger partial charge is 0.480 e. The Morgan fingerprint density at radius 2 is 1.59 bits per heavy atom. The van der Waals surface area contributed by atoms with E-state index in [-0.39, 0.29) is 0 Å². The minimum atomic E-state index is -0.728. The summed E-state index contributed by atoms with van der Waals surface area (Å²) in [6.45, 7) is 6.01. The van der Waals surface area contributed by atoms with Crippen LogP contribution in [0.15, 0.2) is 12.1 Å². The number of hydrogen-bond donors (Lipinski definition) is 1. The Morgan fingerprint density at radius 3 is 1.94 bits per heavy atom. The summed E-state index contributed by atoms with van der Waals surface area (Å²) in [5, 5.41) is 9.27. The Labute approximate surface area is 110 Å². The van der Waals surface area contributed by atoms with Gasteiger partial charge in [-0.3, -0.25) is 0 Å². The molecule has 92 valence electrons. The number of fused-ring (bicyclic) bond motifs is 1. The van der Waals surface area contributed by atoms with E-state index in [1.807, 2.05) is 0 Å². The lowest BCUT2D eigenvalue weighted by Crippen LogP contribution is -2.26. The number of benzene rings is 1. The second-order valence-corrected chi connectivity index (χ2v) is 7.58. The van der Waals surface area contributed by atoms with Crippen molar-refractivity contribution in [1.29, 1.82) is 0 Å². The molecule has 0 saturated heterocycles. The quantitative estimate of drug-likeness (QED) is 0.844. The van der Waals surface area contributed by atoms with Crippen LogP contribution < -0.4 is 0 Å². The predicted molar refractivity (Wildman–Crippen MR) is 74.5 cm³/mol. The highest BCUT2D eigenvalue weighted by molar-refractivity contribution is 8.18. The van der Waals surface area contributed by atoms with Gasteiger partial charge in [-0.15, -0.1) is 23.5 Å². The summed E-state index contributed by atoms with van der Waals surface area (Å²) in [6.07, 6.45) is 0. The molecule has 0 aliphatic carbocycles. The van der Waals surface area contributed by atoms with E-state index >= 15 is 0 Å². The lowest BCUT2D eigenvalue weighted by Gasteiger charge is -2.20. The number of rotatable bonds is 1. The van der Waals surface area contributed by atoms with Gasteiger partial charge in [-0.25, -0.2) is 4.79 Å². The highest BCUT2D eigenvalue weighted by Gasteiger charge is 2.36. The van der Waals surface area contributed by atoms with Crippen molar-refractivity contribution in [3.63, 3.8) is 0 Å². The maximum atomic E-state index is 11.3. The number of carboxylic acid groups (broad SMARTS) is 1. The molecule has 0 saturated carbocycles. The van der Waals surface area contributed by atoms with Gasteiger partial charge in [0.05, 0.1) is 0 Å². The fourth-order valence-electron chi connectivity index (χ4n) is 1.80. The lowest BCUT2D eigenvalue weighted by atomic mass is 10.0. The summed E-state index contributed by atoms with van der Waals surface area (Å²) in [6, 6.07) is 4.40. The van der Waals surface area contributed by atoms with E-state index in [1.165, 1.54) is 45.8 Å². The second kappa shape index (κ2) is 4.58. The predicted octanol–water partition coefficient (Wildman–Crippen LogP) is 3.58. The van der Waals surface area contributed by atoms with Crippen molar-refractivity contribution >= 4 is 29.5 Å². The molecule has 0 fully saturated rings. The number of carbonyl (C=O) groups is 1. The van der Waals surface area contributed by atoms with Crippen molar-refractivity contribution in [2.24, 2.45) is 0 Å². The van der Waals surface area contributed by atoms with Gasteiger partial charge in [0.15, 0.2) is 4.08 Å². The second-order valence-electron chi connectivity index (χ2n) is 4.53. The van der Waals surface area contributed by atoms with Crippen LogP contribution in [-0.2, 0) is 16.3 Å². The molecule has 17 heavy (non-hydrogen) atoms. The van der Waals surface area contributed by atoms with Crippen molar-refractivity contribution in [1.82, 2.24) is 0 Å². The van der Waals surface area contributed by atoms with E-state index in [1.54, 1.807) is 6.92 Å². The number of aliphatic carboxylic acids is 1. The molecule has 0 aromatic heterocycles. The zero-order chi connectivity index (χ0) is 12.6. The van der Waals surface area contributed by atoms with E-state index in [4.69, 9.17) is 0 Å². The molecule has 2 nitrogen and oxygen atoms in total. The zero-order valence-corrected chi connectivity index (χ0v) is 11.9. The van der Waals surface area contributed by atoms with Crippen molar-refractivity contribution in [2.75, 3.05) is 0 Å². The maximum Gasteiger partial charge on any atom is 0.329 e. The topological polar surface area (TPSA) is 37.3 Å². The first-order valence-electron chi connectivity index (χ1n) is 5.53. The lowest BCUT2D eigenvalue weighted by molar-refractivity contribution is -0.136. The SMILES string of the molecule is Cc1cc2c(cc1C)CSC(C)(C(=O)O)SC2. The first-order chi connectivity index (χ1) is 7.92. The van der Waals surface area contributed by atoms with Crippen molar-refractivity contribution in [3.8, 4) is 0 Å². The summed E-state index contributed by atoms with van der Waals surface area (Å²) < 4.78 is -0.721. The summed E-state index contributed by atoms with van der Waals surface area (Å²) in [7, 11) is 0. The molecule has 2 rings (SSSR count). The average molecular weight is 268 g/mol. The molecule has 1 heterocycles. The van der Waals surface area contributed by atoms with Gasteiger partial charge in [0.2, 0.25) is 0 Å². The summed E-state index contributed by atoms with van der Waals surface area (Å²) in [4.78, 5) is 11.3. The molecule has 0 amide bonds. The van der Waals surface area contributed by atoms with Crippen LogP contribution >= 0.6 is 23.5 Å². The van der Waals surface area contributed by atoms with Crippen molar-refractivity contribution < 1.29 is 9.90 Å². The van der Waals surface area contributed by atoms with Crippen LogP contribution in [0.2, 0.25) is 0 Å². The normalized spacial score (nSPS) is 18.3. The van der Waals surface area contributed by atoms with E-state index < -0.39 is 10.0 Å². The number of carboxylic acids is 1. The Hall–Kier alpha value is -0.610. The van der Waals surface area contributed by atoms with Crippen molar-refractivity contribution in [3.05, 3.63) is 34.4 Å². The van der Waals surface area contributed by atoms with E-state index in [2.05, 4.69) is 26.0 Å². The molecule has 0 spiro atoms. The Bertz CT molecular complexity index is 436. The summed E-state index contributed by atoms with van der Waals surface area (Å²) in [5.74, 6) is 0.840. The van der Waals surface area contributed by atoms with Crippen LogP contribution in [0, 0.1) is 13.8 Å². The van der Waals surface area contributed by atoms with Gasteiger partial charge in [-0.05, 0) is 43.0 Å². The van der Waals surface area contributed by atoms with E-state index in [9.17, 15) is 9.90 Å². The zero-order valence-electron chi connectivity index (χ0n) is 10.2. The van der Waals surface area contributed by atoms with E-state index in [0.717, 1.165) is 11.5 Å². The first-order valence-corrected chi connectivity index (χ1v) is 7.50. The van der Waals surface area contributed by atoms with Crippen LogP contribution in [0.5, 0.6) is 0 Å². The Morgan fingerprint density at radius 1 is 1.18 bits per heavy atom.